The number of hydrogen-bond donors (Lipinski definition) is 1. The van der Waals surface area contributed by atoms with Gasteiger partial charge in [-0.2, -0.15) is 5.26 Å². The normalized spacial score (nSPS) is 17.4. The van der Waals surface area contributed by atoms with Crippen LogP contribution in [0, 0.1) is 11.3 Å². The zero-order chi connectivity index (χ0) is 14.1. The standard InChI is InChI=1S/C15H12Cl2N2S/c16-12-5-4-10(6-9(12)8-18)19-13-2-1-3-14-11(13)7-15(17)20-14/h4-7,13,19H,1-3H2. The summed E-state index contributed by atoms with van der Waals surface area (Å²) in [6.45, 7) is 0. The Morgan fingerprint density at radius 3 is 2.95 bits per heavy atom. The van der Waals surface area contributed by atoms with Crippen LogP contribution >= 0.6 is 34.5 Å². The molecular formula is C15H12Cl2N2S. The van der Waals surface area contributed by atoms with Crippen LogP contribution in [0.3, 0.4) is 0 Å². The third-order valence-corrected chi connectivity index (χ3v) is 5.18. The lowest BCUT2D eigenvalue weighted by Crippen LogP contribution is -2.15. The maximum Gasteiger partial charge on any atom is 0.101 e. The SMILES string of the molecule is N#Cc1cc(NC2CCCc3sc(Cl)cc32)ccc1Cl. The number of fused-ring (bicyclic) bond motifs is 1. The number of thiophene rings is 1. The maximum atomic E-state index is 9.03. The van der Waals surface area contributed by atoms with Gasteiger partial charge in [0.2, 0.25) is 0 Å². The van der Waals surface area contributed by atoms with E-state index in [4.69, 9.17) is 28.5 Å². The number of nitrogens with zero attached hydrogens (tertiary/aromatic N) is 1. The van der Waals surface area contributed by atoms with Crippen molar-refractivity contribution in [3.63, 3.8) is 0 Å². The first-order valence-corrected chi connectivity index (χ1v) is 7.99. The molecule has 2 aromatic rings. The van der Waals surface area contributed by atoms with Gasteiger partial charge in [0.05, 0.1) is 21.0 Å². The summed E-state index contributed by atoms with van der Waals surface area (Å²) in [7, 11) is 0. The monoisotopic (exact) mass is 322 g/mol. The number of hydrogen-bond acceptors (Lipinski definition) is 3. The molecule has 0 saturated carbocycles. The van der Waals surface area contributed by atoms with Crippen LogP contribution < -0.4 is 5.32 Å². The summed E-state index contributed by atoms with van der Waals surface area (Å²) in [6, 6.07) is 9.88. The molecule has 0 amide bonds. The van der Waals surface area contributed by atoms with Crippen molar-refractivity contribution >= 4 is 40.2 Å². The Balaban J connectivity index is 1.87. The summed E-state index contributed by atoms with van der Waals surface area (Å²) in [4.78, 5) is 1.37. The largest absolute Gasteiger partial charge is 0.378 e. The van der Waals surface area contributed by atoms with E-state index < -0.39 is 0 Å². The molecule has 3 rings (SSSR count). The minimum Gasteiger partial charge on any atom is -0.378 e. The molecule has 102 valence electrons. The van der Waals surface area contributed by atoms with Gasteiger partial charge in [-0.15, -0.1) is 11.3 Å². The van der Waals surface area contributed by atoms with Crippen LogP contribution in [0.15, 0.2) is 24.3 Å². The van der Waals surface area contributed by atoms with Crippen LogP contribution in [0.25, 0.3) is 0 Å². The minimum atomic E-state index is 0.259. The first-order valence-electron chi connectivity index (χ1n) is 6.41. The Bertz CT molecular complexity index is 688. The molecule has 1 atom stereocenters. The fraction of sp³-hybridized carbons (Fsp3) is 0.267. The summed E-state index contributed by atoms with van der Waals surface area (Å²) in [5.41, 5.74) is 2.71. The highest BCUT2D eigenvalue weighted by Gasteiger charge is 2.22. The molecule has 1 unspecified atom stereocenters. The van der Waals surface area contributed by atoms with E-state index in [1.54, 1.807) is 23.5 Å². The van der Waals surface area contributed by atoms with Crippen molar-refractivity contribution in [1.82, 2.24) is 0 Å². The Morgan fingerprint density at radius 1 is 1.30 bits per heavy atom. The predicted octanol–water partition coefficient (Wildman–Crippen LogP) is 5.42. The summed E-state index contributed by atoms with van der Waals surface area (Å²) >= 11 is 13.7. The zero-order valence-electron chi connectivity index (χ0n) is 10.6. The van der Waals surface area contributed by atoms with E-state index in [0.717, 1.165) is 29.3 Å². The molecule has 5 heteroatoms. The molecular weight excluding hydrogens is 311 g/mol. The second kappa shape index (κ2) is 5.65. The Kier molecular flexibility index (Phi) is 3.89. The van der Waals surface area contributed by atoms with E-state index in [9.17, 15) is 0 Å². The van der Waals surface area contributed by atoms with Gasteiger partial charge < -0.3 is 5.32 Å². The van der Waals surface area contributed by atoms with Crippen molar-refractivity contribution in [3.05, 3.63) is 49.6 Å². The minimum absolute atomic E-state index is 0.259. The van der Waals surface area contributed by atoms with E-state index in [0.29, 0.717) is 10.6 Å². The van der Waals surface area contributed by atoms with Gasteiger partial charge in [0.25, 0.3) is 0 Å². The van der Waals surface area contributed by atoms with Crippen molar-refractivity contribution < 1.29 is 0 Å². The molecule has 0 saturated heterocycles. The van der Waals surface area contributed by atoms with Crippen molar-refractivity contribution in [2.45, 2.75) is 25.3 Å². The number of aryl methyl sites for hydroxylation is 1. The van der Waals surface area contributed by atoms with Gasteiger partial charge >= 0.3 is 0 Å². The summed E-state index contributed by atoms with van der Waals surface area (Å²) in [5, 5.41) is 13.0. The molecule has 0 aliphatic heterocycles. The quantitative estimate of drug-likeness (QED) is 0.801. The molecule has 20 heavy (non-hydrogen) atoms. The molecule has 1 aromatic heterocycles. The van der Waals surface area contributed by atoms with Crippen LogP contribution in [0.2, 0.25) is 9.36 Å². The molecule has 0 spiro atoms. The fourth-order valence-electron chi connectivity index (χ4n) is 2.57. The first-order chi connectivity index (χ1) is 9.67. The van der Waals surface area contributed by atoms with Gasteiger partial charge in [0, 0.05) is 10.6 Å². The second-order valence-electron chi connectivity index (χ2n) is 4.82. The number of nitrogens with one attached hydrogen (secondary N) is 1. The van der Waals surface area contributed by atoms with Crippen LogP contribution in [0.4, 0.5) is 5.69 Å². The lowest BCUT2D eigenvalue weighted by atomic mass is 9.94. The van der Waals surface area contributed by atoms with Gasteiger partial charge in [0.1, 0.15) is 6.07 Å². The molecule has 1 aliphatic rings. The lowest BCUT2D eigenvalue weighted by molar-refractivity contribution is 0.609. The molecule has 1 aromatic carbocycles. The van der Waals surface area contributed by atoms with E-state index in [1.165, 1.54) is 10.4 Å². The fourth-order valence-corrected chi connectivity index (χ4v) is 4.12. The third-order valence-electron chi connectivity index (χ3n) is 3.51. The summed E-state index contributed by atoms with van der Waals surface area (Å²) in [6.07, 6.45) is 3.33. The van der Waals surface area contributed by atoms with Crippen LogP contribution in [0.1, 0.15) is 34.9 Å². The number of benzene rings is 1. The van der Waals surface area contributed by atoms with E-state index in [-0.39, 0.29) is 6.04 Å². The van der Waals surface area contributed by atoms with Crippen LogP contribution in [0.5, 0.6) is 0 Å². The highest BCUT2D eigenvalue weighted by molar-refractivity contribution is 7.16. The third kappa shape index (κ3) is 2.64. The van der Waals surface area contributed by atoms with Crippen molar-refractivity contribution in [2.24, 2.45) is 0 Å². The smallest absolute Gasteiger partial charge is 0.101 e. The van der Waals surface area contributed by atoms with Gasteiger partial charge in [-0.25, -0.2) is 0 Å². The molecule has 0 radical (unpaired) electrons. The molecule has 0 fully saturated rings. The van der Waals surface area contributed by atoms with Crippen molar-refractivity contribution in [3.8, 4) is 6.07 Å². The highest BCUT2D eigenvalue weighted by atomic mass is 35.5. The maximum absolute atomic E-state index is 9.03. The number of nitriles is 1. The topological polar surface area (TPSA) is 35.8 Å². The second-order valence-corrected chi connectivity index (χ2v) is 7.00. The predicted molar refractivity (Wildman–Crippen MR) is 84.8 cm³/mol. The van der Waals surface area contributed by atoms with E-state index in [1.807, 2.05) is 6.07 Å². The Morgan fingerprint density at radius 2 is 2.15 bits per heavy atom. The van der Waals surface area contributed by atoms with Crippen LogP contribution in [-0.2, 0) is 6.42 Å². The first kappa shape index (κ1) is 13.8. The van der Waals surface area contributed by atoms with Crippen LogP contribution in [-0.4, -0.2) is 0 Å². The van der Waals surface area contributed by atoms with E-state index in [2.05, 4.69) is 17.5 Å². The Labute approximate surface area is 131 Å². The molecule has 0 bridgehead atoms. The average molecular weight is 323 g/mol. The summed E-state index contributed by atoms with van der Waals surface area (Å²) < 4.78 is 0.845. The lowest BCUT2D eigenvalue weighted by Gasteiger charge is -2.24. The van der Waals surface area contributed by atoms with E-state index >= 15 is 0 Å². The van der Waals surface area contributed by atoms with Gasteiger partial charge in [-0.3, -0.25) is 0 Å². The number of halogens is 2. The zero-order valence-corrected chi connectivity index (χ0v) is 12.9. The number of anilines is 1. The molecule has 2 nitrogen and oxygen atoms in total. The molecule has 1 heterocycles. The Hall–Kier alpha value is -1.21. The van der Waals surface area contributed by atoms with Crippen molar-refractivity contribution in [2.75, 3.05) is 5.32 Å². The molecule has 1 aliphatic carbocycles. The molecule has 1 N–H and O–H groups in total. The number of rotatable bonds is 2. The van der Waals surface area contributed by atoms with Gasteiger partial charge in [-0.1, -0.05) is 23.2 Å². The average Bonchev–Trinajstić information content (AvgIpc) is 2.82. The summed E-state index contributed by atoms with van der Waals surface area (Å²) in [5.74, 6) is 0. The highest BCUT2D eigenvalue weighted by Crippen LogP contribution is 2.39. The van der Waals surface area contributed by atoms with Gasteiger partial charge in [-0.05, 0) is 49.1 Å². The van der Waals surface area contributed by atoms with Crippen molar-refractivity contribution in [1.29, 1.82) is 5.26 Å². The van der Waals surface area contributed by atoms with Gasteiger partial charge in [0.15, 0.2) is 0 Å².